The van der Waals surface area contributed by atoms with E-state index in [2.05, 4.69) is 83.1 Å². The van der Waals surface area contributed by atoms with Gasteiger partial charge in [-0.15, -0.1) is 0 Å². The summed E-state index contributed by atoms with van der Waals surface area (Å²) in [6.45, 7) is 28.7. The van der Waals surface area contributed by atoms with Gasteiger partial charge in [0.15, 0.2) is 0 Å². The van der Waals surface area contributed by atoms with Crippen molar-refractivity contribution in [2.75, 3.05) is 0 Å². The lowest BCUT2D eigenvalue weighted by molar-refractivity contribution is -0.384. The number of hydrogen-bond donors (Lipinski definition) is 0. The fourth-order valence-electron chi connectivity index (χ4n) is 6.05. The minimum atomic E-state index is 0.226. The normalized spacial score (nSPS) is 34.8. The van der Waals surface area contributed by atoms with E-state index >= 15 is 0 Å². The van der Waals surface area contributed by atoms with Gasteiger partial charge in [0.2, 0.25) is 0 Å². The topological polar surface area (TPSA) is 18.5 Å². The average molecular weight is 423 g/mol. The van der Waals surface area contributed by atoms with Crippen LogP contribution >= 0.6 is 0 Å². The molecule has 0 aromatic heterocycles. The molecule has 0 aromatic rings. The highest BCUT2D eigenvalue weighted by molar-refractivity contribution is 4.93. The monoisotopic (exact) mass is 422 g/mol. The van der Waals surface area contributed by atoms with Gasteiger partial charge in [-0.2, -0.15) is 0 Å². The Morgan fingerprint density at radius 1 is 0.433 bits per heavy atom. The van der Waals surface area contributed by atoms with Gasteiger partial charge < -0.3 is 0 Å². The van der Waals surface area contributed by atoms with Crippen molar-refractivity contribution in [3.63, 3.8) is 0 Å². The molecule has 0 amide bonds. The predicted molar refractivity (Wildman–Crippen MR) is 129 cm³/mol. The van der Waals surface area contributed by atoms with Crippen molar-refractivity contribution in [1.29, 1.82) is 0 Å². The van der Waals surface area contributed by atoms with E-state index < -0.39 is 0 Å². The number of rotatable bonds is 3. The molecule has 0 heterocycles. The lowest BCUT2D eigenvalue weighted by Gasteiger charge is -2.48. The quantitative estimate of drug-likeness (QED) is 0.334. The summed E-state index contributed by atoms with van der Waals surface area (Å²) in [5.74, 6) is 2.64. The molecular formula is C28H54O2. The molecule has 0 spiro atoms. The molecule has 2 aliphatic rings. The molecule has 0 N–H and O–H groups in total. The maximum absolute atomic E-state index is 6.37. The van der Waals surface area contributed by atoms with Gasteiger partial charge in [0.25, 0.3) is 0 Å². The lowest BCUT2D eigenvalue weighted by Crippen LogP contribution is -2.45. The highest BCUT2D eigenvalue weighted by Gasteiger charge is 2.45. The predicted octanol–water partition coefficient (Wildman–Crippen LogP) is 8.69. The van der Waals surface area contributed by atoms with Crippen LogP contribution in [0.25, 0.3) is 0 Å². The summed E-state index contributed by atoms with van der Waals surface area (Å²) >= 11 is 0. The van der Waals surface area contributed by atoms with Crippen molar-refractivity contribution >= 4 is 0 Å². The Kier molecular flexibility index (Phi) is 7.89. The van der Waals surface area contributed by atoms with Crippen LogP contribution in [0.3, 0.4) is 0 Å². The summed E-state index contributed by atoms with van der Waals surface area (Å²) < 4.78 is 0. The maximum Gasteiger partial charge on any atom is 0.0963 e. The molecule has 2 saturated carbocycles. The average Bonchev–Trinajstić information content (AvgIpc) is 2.56. The molecule has 2 fully saturated rings. The van der Waals surface area contributed by atoms with Crippen molar-refractivity contribution in [3.05, 3.63) is 0 Å². The van der Waals surface area contributed by atoms with Crippen molar-refractivity contribution < 1.29 is 9.78 Å². The SMILES string of the molecule is CC(C)(C)C1CCC(OOC2CCC(C(C)(C)C)CC2C(C)(C)C)C(C(C)(C)C)C1. The Hall–Kier alpha value is -0.0800. The molecule has 2 rings (SSSR count). The third kappa shape index (κ3) is 6.71. The van der Waals surface area contributed by atoms with Gasteiger partial charge in [-0.25, -0.2) is 9.78 Å². The van der Waals surface area contributed by atoms with Crippen LogP contribution in [-0.4, -0.2) is 12.2 Å². The van der Waals surface area contributed by atoms with Crippen LogP contribution in [-0.2, 0) is 9.78 Å². The molecule has 30 heavy (non-hydrogen) atoms. The molecule has 0 bridgehead atoms. The molecule has 0 aliphatic heterocycles. The van der Waals surface area contributed by atoms with E-state index in [-0.39, 0.29) is 23.0 Å². The van der Waals surface area contributed by atoms with Gasteiger partial charge in [-0.1, -0.05) is 83.1 Å². The van der Waals surface area contributed by atoms with Crippen molar-refractivity contribution in [1.82, 2.24) is 0 Å². The molecule has 0 aromatic carbocycles. The molecule has 0 saturated heterocycles. The first-order chi connectivity index (χ1) is 13.4. The second-order valence-electron chi connectivity index (χ2n) is 15.0. The minimum absolute atomic E-state index is 0.226. The smallest absolute Gasteiger partial charge is 0.0963 e. The Labute approximate surface area is 189 Å². The molecule has 6 atom stereocenters. The van der Waals surface area contributed by atoms with Crippen LogP contribution < -0.4 is 0 Å². The standard InChI is InChI=1S/C28H54O2/c1-25(2,3)19-13-15-23(21(17-19)27(7,8)9)29-30-24-16-14-20(26(4,5)6)18-22(24)28(10,11)12/h19-24H,13-18H2,1-12H3. The van der Waals surface area contributed by atoms with Crippen LogP contribution in [0.5, 0.6) is 0 Å². The first kappa shape index (κ1) is 26.2. The first-order valence-corrected chi connectivity index (χ1v) is 12.7. The number of hydrogen-bond acceptors (Lipinski definition) is 2. The zero-order chi connectivity index (χ0) is 23.1. The molecule has 2 heteroatoms. The zero-order valence-electron chi connectivity index (χ0n) is 22.5. The van der Waals surface area contributed by atoms with Crippen molar-refractivity contribution in [3.8, 4) is 0 Å². The van der Waals surface area contributed by atoms with E-state index in [0.717, 1.165) is 24.7 Å². The van der Waals surface area contributed by atoms with E-state index in [1.165, 1.54) is 25.7 Å². The van der Waals surface area contributed by atoms with E-state index in [1.54, 1.807) is 0 Å². The third-order valence-corrected chi connectivity index (χ3v) is 8.55. The first-order valence-electron chi connectivity index (χ1n) is 12.7. The van der Waals surface area contributed by atoms with Gasteiger partial charge in [-0.3, -0.25) is 0 Å². The largest absolute Gasteiger partial charge is 0.233 e. The summed E-state index contributed by atoms with van der Waals surface area (Å²) in [5, 5.41) is 0. The zero-order valence-corrected chi connectivity index (χ0v) is 22.5. The van der Waals surface area contributed by atoms with Crippen LogP contribution in [0.15, 0.2) is 0 Å². The van der Waals surface area contributed by atoms with Gasteiger partial charge in [0.1, 0.15) is 0 Å². The molecule has 178 valence electrons. The molecule has 2 aliphatic carbocycles. The van der Waals surface area contributed by atoms with Gasteiger partial charge in [-0.05, 0) is 83.9 Å². The van der Waals surface area contributed by atoms with Gasteiger partial charge >= 0.3 is 0 Å². The summed E-state index contributed by atoms with van der Waals surface area (Å²) in [4.78, 5) is 12.7. The molecule has 2 nitrogen and oxygen atoms in total. The second-order valence-corrected chi connectivity index (χ2v) is 15.0. The Bertz CT molecular complexity index is 487. The molecular weight excluding hydrogens is 368 g/mol. The second kappa shape index (κ2) is 9.05. The summed E-state index contributed by atoms with van der Waals surface area (Å²) in [6, 6.07) is 0. The van der Waals surface area contributed by atoms with E-state index in [9.17, 15) is 0 Å². The van der Waals surface area contributed by atoms with Gasteiger partial charge in [0.05, 0.1) is 12.2 Å². The van der Waals surface area contributed by atoms with Crippen LogP contribution in [0.4, 0.5) is 0 Å². The maximum atomic E-state index is 6.37. The van der Waals surface area contributed by atoms with E-state index in [1.807, 2.05) is 0 Å². The third-order valence-electron chi connectivity index (χ3n) is 8.55. The van der Waals surface area contributed by atoms with Crippen LogP contribution in [0.2, 0.25) is 0 Å². The highest BCUT2D eigenvalue weighted by Crippen LogP contribution is 2.49. The van der Waals surface area contributed by atoms with Crippen LogP contribution in [0, 0.1) is 45.3 Å². The van der Waals surface area contributed by atoms with Crippen molar-refractivity contribution in [2.24, 2.45) is 45.3 Å². The summed E-state index contributed by atoms with van der Waals surface area (Å²) in [6.07, 6.45) is 7.71. The summed E-state index contributed by atoms with van der Waals surface area (Å²) in [5.41, 5.74) is 1.23. The molecule has 0 radical (unpaired) electrons. The van der Waals surface area contributed by atoms with Crippen LogP contribution in [0.1, 0.15) is 122 Å². The molecule has 6 unspecified atom stereocenters. The van der Waals surface area contributed by atoms with E-state index in [4.69, 9.17) is 9.78 Å². The lowest BCUT2D eigenvalue weighted by atomic mass is 9.62. The van der Waals surface area contributed by atoms with Crippen molar-refractivity contribution in [2.45, 2.75) is 134 Å². The Morgan fingerprint density at radius 2 is 0.733 bits per heavy atom. The fraction of sp³-hybridized carbons (Fsp3) is 1.00. The summed E-state index contributed by atoms with van der Waals surface area (Å²) in [7, 11) is 0. The highest BCUT2D eigenvalue weighted by atomic mass is 17.2. The Balaban J connectivity index is 2.08. The fourth-order valence-corrected chi connectivity index (χ4v) is 6.05. The van der Waals surface area contributed by atoms with Gasteiger partial charge in [0, 0.05) is 0 Å². The Morgan fingerprint density at radius 3 is 0.967 bits per heavy atom. The minimum Gasteiger partial charge on any atom is -0.233 e. The van der Waals surface area contributed by atoms with E-state index in [0.29, 0.717) is 22.7 Å².